The van der Waals surface area contributed by atoms with Gasteiger partial charge in [-0.25, -0.2) is 0 Å². The highest BCUT2D eigenvalue weighted by atomic mass is 16.5. The van der Waals surface area contributed by atoms with E-state index in [4.69, 9.17) is 4.74 Å². The van der Waals surface area contributed by atoms with Gasteiger partial charge in [-0.05, 0) is 52.5 Å². The topological polar surface area (TPSA) is 44.8 Å². The number of nitrogens with zero attached hydrogens (tertiary/aromatic N) is 2. The molecule has 25 heavy (non-hydrogen) atoms. The molecule has 1 aromatic carbocycles. The molecule has 1 aromatic rings. The minimum Gasteiger partial charge on any atom is -0.487 e. The Morgan fingerprint density at radius 1 is 1.28 bits per heavy atom. The van der Waals surface area contributed by atoms with Crippen LogP contribution in [0.5, 0.6) is 5.75 Å². The highest BCUT2D eigenvalue weighted by Crippen LogP contribution is 2.45. The zero-order valence-corrected chi connectivity index (χ0v) is 15.3. The van der Waals surface area contributed by atoms with Crippen molar-refractivity contribution < 1.29 is 9.53 Å². The van der Waals surface area contributed by atoms with Crippen molar-refractivity contribution in [2.24, 2.45) is 0 Å². The molecule has 5 heteroatoms. The van der Waals surface area contributed by atoms with E-state index in [9.17, 15) is 4.79 Å². The van der Waals surface area contributed by atoms with Crippen LogP contribution in [0.15, 0.2) is 24.3 Å². The third-order valence-electron chi connectivity index (χ3n) is 6.22. The molecule has 2 saturated heterocycles. The number of nitrogens with one attached hydrogen (secondary N) is 1. The van der Waals surface area contributed by atoms with Crippen molar-refractivity contribution >= 4 is 5.91 Å². The summed E-state index contributed by atoms with van der Waals surface area (Å²) < 4.78 is 6.44. The van der Waals surface area contributed by atoms with Gasteiger partial charge in [0.1, 0.15) is 11.4 Å². The number of amides is 1. The molecule has 2 fully saturated rings. The van der Waals surface area contributed by atoms with Gasteiger partial charge in [0, 0.05) is 31.1 Å². The fourth-order valence-electron chi connectivity index (χ4n) is 4.61. The van der Waals surface area contributed by atoms with Gasteiger partial charge in [-0.1, -0.05) is 18.2 Å². The molecule has 3 aliphatic heterocycles. The highest BCUT2D eigenvalue weighted by molar-refractivity contribution is 5.85. The largest absolute Gasteiger partial charge is 0.487 e. The summed E-state index contributed by atoms with van der Waals surface area (Å²) in [5, 5.41) is 3.42. The number of piperidine rings is 1. The lowest BCUT2D eigenvalue weighted by Crippen LogP contribution is -2.51. The van der Waals surface area contributed by atoms with Crippen LogP contribution in [0.3, 0.4) is 0 Å². The van der Waals surface area contributed by atoms with Gasteiger partial charge in [-0.3, -0.25) is 4.79 Å². The van der Waals surface area contributed by atoms with Crippen molar-refractivity contribution in [3.63, 3.8) is 0 Å². The summed E-state index contributed by atoms with van der Waals surface area (Å²) in [4.78, 5) is 17.7. The standard InChI is InChI=1S/C20H29N3O2/c1-22(2)15-7-12-23(14-15)19(24)17-13-20(8-10-21-11-9-20)25-18-6-4-3-5-16(17)18/h3-6,15,17,21H,7-14H2,1-2H3/t15-,17?/m1/s1. The van der Waals surface area contributed by atoms with Crippen LogP contribution in [0.1, 0.15) is 37.2 Å². The Kier molecular flexibility index (Phi) is 4.46. The van der Waals surface area contributed by atoms with Crippen molar-refractivity contribution in [2.75, 3.05) is 40.3 Å². The summed E-state index contributed by atoms with van der Waals surface area (Å²) in [6, 6.07) is 8.62. The molecule has 0 saturated carbocycles. The Hall–Kier alpha value is -1.59. The molecule has 3 heterocycles. The van der Waals surface area contributed by atoms with Gasteiger partial charge < -0.3 is 19.9 Å². The Morgan fingerprint density at radius 3 is 2.76 bits per heavy atom. The first-order chi connectivity index (χ1) is 12.1. The number of ether oxygens (including phenoxy) is 1. The molecule has 1 N–H and O–H groups in total. The maximum absolute atomic E-state index is 13.4. The Balaban J connectivity index is 1.60. The first kappa shape index (κ1) is 16.9. The predicted molar refractivity (Wildman–Crippen MR) is 97.9 cm³/mol. The second kappa shape index (κ2) is 6.61. The first-order valence-electron chi connectivity index (χ1n) is 9.52. The Bertz CT molecular complexity index is 640. The van der Waals surface area contributed by atoms with Gasteiger partial charge in [-0.2, -0.15) is 0 Å². The molecule has 0 aromatic heterocycles. The summed E-state index contributed by atoms with van der Waals surface area (Å²) in [7, 11) is 4.21. The third-order valence-corrected chi connectivity index (χ3v) is 6.22. The summed E-state index contributed by atoms with van der Waals surface area (Å²) in [6.45, 7) is 3.65. The molecule has 0 aliphatic carbocycles. The van der Waals surface area contributed by atoms with Crippen LogP contribution < -0.4 is 10.1 Å². The van der Waals surface area contributed by atoms with E-state index in [2.05, 4.69) is 35.3 Å². The monoisotopic (exact) mass is 343 g/mol. The third kappa shape index (κ3) is 3.15. The maximum Gasteiger partial charge on any atom is 0.230 e. The van der Waals surface area contributed by atoms with Crippen molar-refractivity contribution in [3.8, 4) is 5.75 Å². The molecule has 0 bridgehead atoms. The lowest BCUT2D eigenvalue weighted by Gasteiger charge is -2.44. The second-order valence-corrected chi connectivity index (χ2v) is 8.02. The molecule has 2 atom stereocenters. The molecule has 1 spiro atoms. The van der Waals surface area contributed by atoms with Crippen LogP contribution in [-0.4, -0.2) is 67.6 Å². The summed E-state index contributed by atoms with van der Waals surface area (Å²) in [5.41, 5.74) is 0.894. The summed E-state index contributed by atoms with van der Waals surface area (Å²) in [6.07, 6.45) is 3.84. The number of fused-ring (bicyclic) bond motifs is 1. The molecule has 5 nitrogen and oxygen atoms in total. The molecule has 1 unspecified atom stereocenters. The smallest absolute Gasteiger partial charge is 0.230 e. The molecule has 0 radical (unpaired) electrons. The van der Waals surface area contributed by atoms with Gasteiger partial charge in [0.05, 0.1) is 5.92 Å². The van der Waals surface area contributed by atoms with Gasteiger partial charge in [0.2, 0.25) is 5.91 Å². The summed E-state index contributed by atoms with van der Waals surface area (Å²) >= 11 is 0. The minimum absolute atomic E-state index is 0.0658. The van der Waals surface area contributed by atoms with Crippen molar-refractivity contribution in [1.29, 1.82) is 0 Å². The van der Waals surface area contributed by atoms with Crippen LogP contribution in [0.25, 0.3) is 0 Å². The fraction of sp³-hybridized carbons (Fsp3) is 0.650. The molecule has 3 aliphatic rings. The number of likely N-dealkylation sites (N-methyl/N-ethyl adjacent to an activating group) is 1. The summed E-state index contributed by atoms with van der Waals surface area (Å²) in [5.74, 6) is 1.14. The predicted octanol–water partition coefficient (Wildman–Crippen LogP) is 1.84. The van der Waals surface area contributed by atoms with E-state index in [1.807, 2.05) is 18.2 Å². The van der Waals surface area contributed by atoms with E-state index in [-0.39, 0.29) is 17.4 Å². The molecule has 136 valence electrons. The van der Waals surface area contributed by atoms with Crippen LogP contribution in [0.2, 0.25) is 0 Å². The fourth-order valence-corrected chi connectivity index (χ4v) is 4.61. The van der Waals surface area contributed by atoms with Gasteiger partial charge in [0.25, 0.3) is 0 Å². The van der Waals surface area contributed by atoms with Gasteiger partial charge in [0.15, 0.2) is 0 Å². The Labute approximate surface area is 150 Å². The SMILES string of the molecule is CN(C)[C@@H]1CCN(C(=O)C2CC3(CCNCC3)Oc3ccccc32)C1. The normalized spacial score (nSPS) is 28.0. The van der Waals surface area contributed by atoms with E-state index >= 15 is 0 Å². The van der Waals surface area contributed by atoms with Crippen LogP contribution in [0, 0.1) is 0 Å². The lowest BCUT2D eigenvalue weighted by atomic mass is 9.77. The van der Waals surface area contributed by atoms with Crippen molar-refractivity contribution in [1.82, 2.24) is 15.1 Å². The average Bonchev–Trinajstić information content (AvgIpc) is 3.11. The molecular weight excluding hydrogens is 314 g/mol. The molecule has 4 rings (SSSR count). The number of benzene rings is 1. The maximum atomic E-state index is 13.4. The minimum atomic E-state index is -0.180. The van der Waals surface area contributed by atoms with E-state index in [1.54, 1.807) is 0 Å². The number of hydrogen-bond donors (Lipinski definition) is 1. The first-order valence-corrected chi connectivity index (χ1v) is 9.52. The van der Waals surface area contributed by atoms with Crippen LogP contribution in [0.4, 0.5) is 0 Å². The number of carbonyl (C=O) groups excluding carboxylic acids is 1. The van der Waals surface area contributed by atoms with Crippen LogP contribution in [-0.2, 0) is 4.79 Å². The highest BCUT2D eigenvalue weighted by Gasteiger charge is 2.45. The number of likely N-dealkylation sites (tertiary alicyclic amines) is 1. The Morgan fingerprint density at radius 2 is 2.04 bits per heavy atom. The van der Waals surface area contributed by atoms with E-state index < -0.39 is 0 Å². The van der Waals surface area contributed by atoms with Crippen LogP contribution >= 0.6 is 0 Å². The number of hydrogen-bond acceptors (Lipinski definition) is 4. The average molecular weight is 343 g/mol. The zero-order chi connectivity index (χ0) is 17.4. The zero-order valence-electron chi connectivity index (χ0n) is 15.3. The van der Waals surface area contributed by atoms with Gasteiger partial charge in [-0.15, -0.1) is 0 Å². The molecule has 1 amide bonds. The van der Waals surface area contributed by atoms with E-state index in [0.717, 1.165) is 63.2 Å². The quantitative estimate of drug-likeness (QED) is 0.890. The number of para-hydroxylation sites is 1. The van der Waals surface area contributed by atoms with Crippen molar-refractivity contribution in [2.45, 2.75) is 43.2 Å². The number of carbonyl (C=O) groups is 1. The van der Waals surface area contributed by atoms with Gasteiger partial charge >= 0.3 is 0 Å². The van der Waals surface area contributed by atoms with Crippen molar-refractivity contribution in [3.05, 3.63) is 29.8 Å². The van der Waals surface area contributed by atoms with E-state index in [1.165, 1.54) is 0 Å². The molecular formula is C20H29N3O2. The lowest BCUT2D eigenvalue weighted by molar-refractivity contribution is -0.134. The second-order valence-electron chi connectivity index (χ2n) is 8.02. The number of rotatable bonds is 2. The van der Waals surface area contributed by atoms with E-state index in [0.29, 0.717) is 6.04 Å².